The second kappa shape index (κ2) is 12.1. The molecule has 0 aliphatic heterocycles. The third kappa shape index (κ3) is 4.99. The van der Waals surface area contributed by atoms with Gasteiger partial charge >= 0.3 is 0 Å². The third-order valence-corrected chi connectivity index (χ3v) is 10.2. The van der Waals surface area contributed by atoms with Gasteiger partial charge in [-0.1, -0.05) is 138 Å². The lowest BCUT2D eigenvalue weighted by molar-refractivity contribution is 0.484. The van der Waals surface area contributed by atoms with Gasteiger partial charge in [0.1, 0.15) is 37.1 Å². The lowest BCUT2D eigenvalue weighted by atomic mass is 9.65. The number of hydrogen-bond acceptors (Lipinski definition) is 1. The summed E-state index contributed by atoms with van der Waals surface area (Å²) in [6.07, 6.45) is 0. The topological polar surface area (TPSA) is 20.2 Å². The van der Waals surface area contributed by atoms with E-state index in [4.69, 9.17) is 31.4 Å². The zero-order valence-corrected chi connectivity index (χ0v) is 27.7. The summed E-state index contributed by atoms with van der Waals surface area (Å²) >= 11 is 0. The summed E-state index contributed by atoms with van der Waals surface area (Å²) in [4.78, 5) is 0. The molecule has 0 aliphatic carbocycles. The number of rotatable bonds is 4. The van der Waals surface area contributed by atoms with Crippen LogP contribution in [0.1, 0.15) is 0 Å². The highest BCUT2D eigenvalue weighted by atomic mass is 16.3. The van der Waals surface area contributed by atoms with Crippen LogP contribution in [0.3, 0.4) is 0 Å². The van der Waals surface area contributed by atoms with E-state index in [1.165, 1.54) is 21.9 Å². The normalized spacial score (nSPS) is 11.5. The maximum atomic E-state index is 10.8. The zero-order chi connectivity index (χ0) is 34.8. The van der Waals surface area contributed by atoms with Crippen molar-refractivity contribution in [3.63, 3.8) is 0 Å². The van der Waals surface area contributed by atoms with Crippen molar-refractivity contribution in [2.45, 2.75) is 0 Å². The van der Waals surface area contributed by atoms with Crippen molar-refractivity contribution in [1.29, 1.82) is 0 Å². The van der Waals surface area contributed by atoms with Gasteiger partial charge in [0.2, 0.25) is 0 Å². The molecule has 0 bridgehead atoms. The number of phenolic OH excluding ortho intramolecular Hbond substituents is 1. The van der Waals surface area contributed by atoms with Crippen molar-refractivity contribution in [3.8, 4) is 50.3 Å². The minimum absolute atomic E-state index is 0.0213. The minimum Gasteiger partial charge on any atom is -0.509 e. The Balaban J connectivity index is 1.34. The molecule has 0 aromatic heterocycles. The van der Waals surface area contributed by atoms with Crippen LogP contribution in [0, 0.1) is 0 Å². The molecule has 0 amide bonds. The van der Waals surface area contributed by atoms with Crippen LogP contribution in [0.4, 0.5) is 0 Å². The fraction of sp³-hybridized carbons (Fsp3) is 0. The van der Waals surface area contributed by atoms with E-state index in [0.29, 0.717) is 5.56 Å². The van der Waals surface area contributed by atoms with Crippen molar-refractivity contribution < 1.29 is 5.11 Å². The van der Waals surface area contributed by atoms with Crippen LogP contribution in [-0.4, -0.2) is 36.5 Å². The van der Waals surface area contributed by atoms with E-state index in [0.717, 1.165) is 60.1 Å². The first-order valence-corrected chi connectivity index (χ1v) is 16.9. The lowest BCUT2D eigenvalue weighted by Gasteiger charge is -2.22. The van der Waals surface area contributed by atoms with Gasteiger partial charge in [-0.2, -0.15) is 0 Å². The number of phenols is 1. The molecule has 9 aromatic rings. The Hall–Kier alpha value is -5.92. The summed E-state index contributed by atoms with van der Waals surface area (Å²) in [7, 11) is 25.4. The molecule has 0 fully saturated rings. The van der Waals surface area contributed by atoms with Crippen molar-refractivity contribution in [3.05, 3.63) is 152 Å². The van der Waals surface area contributed by atoms with E-state index in [1.807, 2.05) is 12.1 Å². The first-order valence-electron chi connectivity index (χ1n) is 16.9. The minimum atomic E-state index is -0.266. The van der Waals surface area contributed by atoms with Gasteiger partial charge < -0.3 is 5.11 Å². The number of benzene rings is 9. The highest BCUT2D eigenvalue weighted by Gasteiger charge is 2.21. The number of hydrogen-bond donors (Lipinski definition) is 1. The summed E-state index contributed by atoms with van der Waals surface area (Å²) in [6, 6.07) is 53.6. The fourth-order valence-corrected chi connectivity index (χ4v) is 7.74. The SMILES string of the molecule is [B]c1c([B])c(O)c([B])c(-c2cc(-c3c4ccccc4c(-c4cccc(-c5ccc6ccccc6c5)c4)c4ccccc34)c3ccccc3c2)c1[B]. The van der Waals surface area contributed by atoms with Gasteiger partial charge in [0.25, 0.3) is 0 Å². The van der Waals surface area contributed by atoms with Gasteiger partial charge in [0.05, 0.1) is 0 Å². The lowest BCUT2D eigenvalue weighted by Crippen LogP contribution is -2.44. The molecule has 0 atom stereocenters. The first kappa shape index (κ1) is 31.1. The monoisotopic (exact) mass is 638 g/mol. The summed E-state index contributed by atoms with van der Waals surface area (Å²) in [5.41, 5.74) is 8.39. The van der Waals surface area contributed by atoms with E-state index in [-0.39, 0.29) is 27.6 Å². The Bertz CT molecular complexity index is 2790. The van der Waals surface area contributed by atoms with Gasteiger partial charge in [-0.15, -0.1) is 5.46 Å². The predicted molar refractivity (Wildman–Crippen MR) is 221 cm³/mol. The van der Waals surface area contributed by atoms with Crippen molar-refractivity contribution in [1.82, 2.24) is 0 Å². The highest BCUT2D eigenvalue weighted by Crippen LogP contribution is 2.46. The van der Waals surface area contributed by atoms with Crippen LogP contribution in [0.25, 0.3) is 87.6 Å². The second-order valence-corrected chi connectivity index (χ2v) is 13.1. The zero-order valence-electron chi connectivity index (χ0n) is 27.7. The average molecular weight is 638 g/mol. The molecule has 0 aliphatic rings. The van der Waals surface area contributed by atoms with Crippen molar-refractivity contribution in [2.24, 2.45) is 0 Å². The van der Waals surface area contributed by atoms with E-state index in [9.17, 15) is 5.11 Å². The summed E-state index contributed by atoms with van der Waals surface area (Å²) < 4.78 is 0. The first-order chi connectivity index (χ1) is 24.9. The van der Waals surface area contributed by atoms with Crippen molar-refractivity contribution >= 4 is 96.3 Å². The molecular formula is C46H26B4O. The molecule has 0 heterocycles. The standard InChI is InChI=1S/C46H26B4O/c47-42-40(43(48)46(51)45(50)44(42)49)32-24-30-12-3-4-15-33(30)38(25-32)41-36-18-7-5-16-34(36)39(35-17-6-8-19-37(35)41)31-14-9-13-28(23-31)29-21-20-26-10-1-2-11-27(26)22-29/h1-25,51H. The number of fused-ring (bicyclic) bond motifs is 4. The Kier molecular flexibility index (Phi) is 7.40. The molecule has 0 spiro atoms. The van der Waals surface area contributed by atoms with E-state index in [1.54, 1.807) is 0 Å². The molecule has 0 saturated heterocycles. The Labute approximate surface area is 302 Å². The molecule has 1 nitrogen and oxygen atoms in total. The molecular weight excluding hydrogens is 612 g/mol. The molecule has 0 unspecified atom stereocenters. The van der Waals surface area contributed by atoms with Crippen LogP contribution in [0.2, 0.25) is 0 Å². The van der Waals surface area contributed by atoms with Gasteiger partial charge in [-0.05, 0) is 117 Å². The molecule has 0 saturated carbocycles. The van der Waals surface area contributed by atoms with Crippen LogP contribution < -0.4 is 21.9 Å². The van der Waals surface area contributed by atoms with Gasteiger partial charge in [0, 0.05) is 0 Å². The average Bonchev–Trinajstić information content (AvgIpc) is 3.18. The molecule has 8 radical (unpaired) electrons. The molecule has 51 heavy (non-hydrogen) atoms. The van der Waals surface area contributed by atoms with Crippen molar-refractivity contribution in [2.75, 3.05) is 0 Å². The molecule has 9 aromatic carbocycles. The van der Waals surface area contributed by atoms with Crippen LogP contribution in [0.15, 0.2) is 152 Å². The Morgan fingerprint density at radius 2 is 0.843 bits per heavy atom. The van der Waals surface area contributed by atoms with Gasteiger partial charge in [-0.25, -0.2) is 0 Å². The third-order valence-electron chi connectivity index (χ3n) is 10.2. The van der Waals surface area contributed by atoms with Gasteiger partial charge in [-0.3, -0.25) is 0 Å². The maximum absolute atomic E-state index is 10.8. The van der Waals surface area contributed by atoms with Crippen LogP contribution >= 0.6 is 0 Å². The van der Waals surface area contributed by atoms with Gasteiger partial charge in [0.15, 0.2) is 0 Å². The van der Waals surface area contributed by atoms with Crippen LogP contribution in [0.5, 0.6) is 5.75 Å². The smallest absolute Gasteiger partial charge is 0.119 e. The maximum Gasteiger partial charge on any atom is 0.119 e. The van der Waals surface area contributed by atoms with E-state index < -0.39 is 0 Å². The molecule has 228 valence electrons. The number of aromatic hydroxyl groups is 1. The van der Waals surface area contributed by atoms with E-state index in [2.05, 4.69) is 140 Å². The summed E-state index contributed by atoms with van der Waals surface area (Å²) in [6.45, 7) is 0. The Morgan fingerprint density at radius 3 is 1.53 bits per heavy atom. The quantitative estimate of drug-likeness (QED) is 0.154. The fourth-order valence-electron chi connectivity index (χ4n) is 7.74. The molecule has 5 heteroatoms. The summed E-state index contributed by atoms with van der Waals surface area (Å²) in [5, 5.41) is 19.9. The largest absolute Gasteiger partial charge is 0.509 e. The second-order valence-electron chi connectivity index (χ2n) is 13.1. The van der Waals surface area contributed by atoms with Crippen LogP contribution in [-0.2, 0) is 0 Å². The highest BCUT2D eigenvalue weighted by molar-refractivity contribution is 6.62. The molecule has 9 rings (SSSR count). The predicted octanol–water partition coefficient (Wildman–Crippen LogP) is 7.85. The summed E-state index contributed by atoms with van der Waals surface area (Å²) in [5.74, 6) is -0.266. The molecule has 1 N–H and O–H groups in total. The van der Waals surface area contributed by atoms with E-state index >= 15 is 0 Å². The Morgan fingerprint density at radius 1 is 0.314 bits per heavy atom.